The third-order valence-electron chi connectivity index (χ3n) is 5.25. The molecule has 5 N–H and O–H groups in total. The summed E-state index contributed by atoms with van der Waals surface area (Å²) in [4.78, 5) is 14.2. The summed E-state index contributed by atoms with van der Waals surface area (Å²) in [5.41, 5.74) is 7.20. The van der Waals surface area contributed by atoms with E-state index >= 15 is 0 Å². The van der Waals surface area contributed by atoms with Crippen LogP contribution in [-0.4, -0.2) is 66.2 Å². The van der Waals surface area contributed by atoms with Gasteiger partial charge in [0, 0.05) is 24.8 Å². The number of hydrogen-bond acceptors (Lipinski definition) is 7. The summed E-state index contributed by atoms with van der Waals surface area (Å²) < 4.78 is 17.1. The third-order valence-corrected chi connectivity index (χ3v) is 6.44. The number of nitrogens with two attached hydrogens (primary N) is 1. The van der Waals surface area contributed by atoms with E-state index in [0.717, 1.165) is 24.7 Å². The highest BCUT2D eigenvalue weighted by Crippen LogP contribution is 2.36. The molecule has 0 aliphatic heterocycles. The highest BCUT2D eigenvalue weighted by Gasteiger charge is 2.24. The van der Waals surface area contributed by atoms with Gasteiger partial charge in [0.15, 0.2) is 5.82 Å². The summed E-state index contributed by atoms with van der Waals surface area (Å²) in [6.07, 6.45) is 0. The SMILES string of the molecule is CCN(CC)CCNS(=O)c1cc(-c2nnc(C(N)=O)n2-c2ccc(C)cc2)c(O)cc1O. The molecule has 0 aliphatic rings. The van der Waals surface area contributed by atoms with Crippen LogP contribution in [0, 0.1) is 6.92 Å². The van der Waals surface area contributed by atoms with Crippen LogP contribution in [0.4, 0.5) is 0 Å². The Kier molecular flexibility index (Phi) is 7.79. The summed E-state index contributed by atoms with van der Waals surface area (Å²) >= 11 is 0. The minimum atomic E-state index is -1.75. The molecular formula is C22H28N6O4S. The number of rotatable bonds is 10. The lowest BCUT2D eigenvalue weighted by Crippen LogP contribution is -2.32. The van der Waals surface area contributed by atoms with Crippen molar-refractivity contribution in [3.05, 3.63) is 47.8 Å². The van der Waals surface area contributed by atoms with E-state index < -0.39 is 16.9 Å². The molecule has 0 saturated heterocycles. The van der Waals surface area contributed by atoms with E-state index in [4.69, 9.17) is 5.73 Å². The van der Waals surface area contributed by atoms with Gasteiger partial charge in [-0.2, -0.15) is 0 Å². The number of carbonyl (C=O) groups excluding carboxylic acids is 1. The molecule has 1 amide bonds. The number of amides is 1. The van der Waals surface area contributed by atoms with Gasteiger partial charge < -0.3 is 20.8 Å². The van der Waals surface area contributed by atoms with Gasteiger partial charge in [0.2, 0.25) is 5.82 Å². The monoisotopic (exact) mass is 472 g/mol. The zero-order valence-corrected chi connectivity index (χ0v) is 19.6. The molecule has 1 aromatic heterocycles. The van der Waals surface area contributed by atoms with Gasteiger partial charge >= 0.3 is 0 Å². The molecule has 0 bridgehead atoms. The Morgan fingerprint density at radius 2 is 1.79 bits per heavy atom. The number of phenols is 2. The van der Waals surface area contributed by atoms with E-state index in [1.165, 1.54) is 10.6 Å². The first-order valence-electron chi connectivity index (χ1n) is 10.5. The van der Waals surface area contributed by atoms with Crippen LogP contribution in [0.2, 0.25) is 0 Å². The van der Waals surface area contributed by atoms with Crippen LogP contribution in [-0.2, 0) is 11.0 Å². The van der Waals surface area contributed by atoms with E-state index in [-0.39, 0.29) is 33.6 Å². The largest absolute Gasteiger partial charge is 0.507 e. The molecule has 1 atom stereocenters. The Hall–Kier alpha value is -3.28. The third kappa shape index (κ3) is 5.38. The molecule has 0 spiro atoms. The maximum absolute atomic E-state index is 12.8. The van der Waals surface area contributed by atoms with Gasteiger partial charge in [-0.25, -0.2) is 8.93 Å². The zero-order valence-electron chi connectivity index (χ0n) is 18.8. The van der Waals surface area contributed by atoms with Crippen LogP contribution in [0.5, 0.6) is 11.5 Å². The Labute approximate surface area is 194 Å². The molecule has 176 valence electrons. The number of aromatic hydroxyl groups is 2. The average molecular weight is 473 g/mol. The van der Waals surface area contributed by atoms with Crippen molar-refractivity contribution in [3.8, 4) is 28.6 Å². The Morgan fingerprint density at radius 1 is 1.12 bits per heavy atom. The van der Waals surface area contributed by atoms with Gasteiger partial charge in [-0.1, -0.05) is 31.5 Å². The lowest BCUT2D eigenvalue weighted by atomic mass is 10.1. The van der Waals surface area contributed by atoms with Crippen LogP contribution in [0.25, 0.3) is 17.1 Å². The first-order valence-corrected chi connectivity index (χ1v) is 11.7. The second kappa shape index (κ2) is 10.6. The molecule has 10 nitrogen and oxygen atoms in total. The predicted molar refractivity (Wildman–Crippen MR) is 126 cm³/mol. The van der Waals surface area contributed by atoms with Crippen molar-refractivity contribution in [2.45, 2.75) is 25.7 Å². The normalized spacial score (nSPS) is 12.2. The minimum Gasteiger partial charge on any atom is -0.507 e. The Balaban J connectivity index is 2.01. The van der Waals surface area contributed by atoms with E-state index in [1.807, 2.05) is 32.9 Å². The molecule has 0 aliphatic carbocycles. The molecule has 3 aromatic rings. The first kappa shape index (κ1) is 24.4. The highest BCUT2D eigenvalue weighted by atomic mass is 32.2. The van der Waals surface area contributed by atoms with Crippen molar-refractivity contribution in [1.82, 2.24) is 24.4 Å². The predicted octanol–water partition coefficient (Wildman–Crippen LogP) is 1.71. The Morgan fingerprint density at radius 3 is 2.39 bits per heavy atom. The van der Waals surface area contributed by atoms with E-state index in [2.05, 4.69) is 19.8 Å². The second-order valence-electron chi connectivity index (χ2n) is 7.41. The van der Waals surface area contributed by atoms with Crippen molar-refractivity contribution in [3.63, 3.8) is 0 Å². The van der Waals surface area contributed by atoms with Crippen molar-refractivity contribution in [2.24, 2.45) is 5.73 Å². The lowest BCUT2D eigenvalue weighted by Gasteiger charge is -2.18. The molecule has 1 heterocycles. The quantitative estimate of drug-likeness (QED) is 0.351. The van der Waals surface area contributed by atoms with Gasteiger partial charge in [0.1, 0.15) is 22.5 Å². The molecule has 0 radical (unpaired) electrons. The second-order valence-corrected chi connectivity index (χ2v) is 8.68. The minimum absolute atomic E-state index is 0.0708. The summed E-state index contributed by atoms with van der Waals surface area (Å²) in [5.74, 6) is -1.45. The number of hydrogen-bond donors (Lipinski definition) is 4. The van der Waals surface area contributed by atoms with Gasteiger partial charge in [-0.15, -0.1) is 10.2 Å². The van der Waals surface area contributed by atoms with Gasteiger partial charge in [0.05, 0.1) is 10.5 Å². The van der Waals surface area contributed by atoms with Crippen molar-refractivity contribution >= 4 is 16.9 Å². The van der Waals surface area contributed by atoms with Gasteiger partial charge in [0.25, 0.3) is 5.91 Å². The number of benzene rings is 2. The van der Waals surface area contributed by atoms with E-state index in [1.54, 1.807) is 12.1 Å². The number of likely N-dealkylation sites (N-methyl/N-ethyl adjacent to an activating group) is 1. The fourth-order valence-electron chi connectivity index (χ4n) is 3.36. The first-order chi connectivity index (χ1) is 15.8. The van der Waals surface area contributed by atoms with Crippen LogP contribution < -0.4 is 10.5 Å². The van der Waals surface area contributed by atoms with Crippen LogP contribution >= 0.6 is 0 Å². The Bertz CT molecular complexity index is 1160. The van der Waals surface area contributed by atoms with E-state index in [0.29, 0.717) is 18.8 Å². The van der Waals surface area contributed by atoms with Crippen molar-refractivity contribution in [2.75, 3.05) is 26.2 Å². The molecule has 33 heavy (non-hydrogen) atoms. The maximum Gasteiger partial charge on any atom is 0.287 e. The summed E-state index contributed by atoms with van der Waals surface area (Å²) in [6.45, 7) is 8.88. The number of aromatic nitrogens is 3. The van der Waals surface area contributed by atoms with E-state index in [9.17, 15) is 19.2 Å². The fourth-order valence-corrected chi connectivity index (χ4v) is 4.26. The fraction of sp³-hybridized carbons (Fsp3) is 0.318. The van der Waals surface area contributed by atoms with Crippen molar-refractivity contribution < 1.29 is 19.2 Å². The zero-order chi connectivity index (χ0) is 24.1. The standard InChI is InChI=1S/C22H28N6O4S/c1-4-27(5-2)11-10-24-33(32)19-12-16(17(29)13-18(19)30)21-25-26-22(20(23)31)28(21)15-8-6-14(3)7-9-15/h6-9,12-13,24,29-30H,4-5,10-11H2,1-3H3,(H2,23,31). The summed E-state index contributed by atoms with van der Waals surface area (Å²) in [6, 6.07) is 9.68. The topological polar surface area (TPSA) is 147 Å². The lowest BCUT2D eigenvalue weighted by molar-refractivity contribution is 0.0988. The number of nitrogens with zero attached hydrogens (tertiary/aromatic N) is 4. The molecular weight excluding hydrogens is 444 g/mol. The smallest absolute Gasteiger partial charge is 0.287 e. The maximum atomic E-state index is 12.8. The number of nitrogens with one attached hydrogen (secondary N) is 1. The average Bonchev–Trinajstić information content (AvgIpc) is 3.22. The summed E-state index contributed by atoms with van der Waals surface area (Å²) in [5, 5.41) is 28.8. The number of primary amides is 1. The number of phenolic OH excluding ortho intramolecular Hbond substituents is 2. The molecule has 1 unspecified atom stereocenters. The summed E-state index contributed by atoms with van der Waals surface area (Å²) in [7, 11) is -1.75. The number of carbonyl (C=O) groups is 1. The molecule has 11 heteroatoms. The van der Waals surface area contributed by atoms with Crippen LogP contribution in [0.15, 0.2) is 41.3 Å². The molecule has 2 aromatic carbocycles. The van der Waals surface area contributed by atoms with Crippen LogP contribution in [0.1, 0.15) is 30.0 Å². The molecule has 3 rings (SSSR count). The molecule has 0 saturated carbocycles. The highest BCUT2D eigenvalue weighted by molar-refractivity contribution is 7.83. The number of aryl methyl sites for hydroxylation is 1. The van der Waals surface area contributed by atoms with Gasteiger partial charge in [-0.3, -0.25) is 9.36 Å². The molecule has 0 fully saturated rings. The van der Waals surface area contributed by atoms with Crippen molar-refractivity contribution in [1.29, 1.82) is 0 Å². The van der Waals surface area contributed by atoms with Gasteiger partial charge in [-0.05, 0) is 38.2 Å². The van der Waals surface area contributed by atoms with Crippen LogP contribution in [0.3, 0.4) is 0 Å².